The summed E-state index contributed by atoms with van der Waals surface area (Å²) < 4.78 is 2.00. The lowest BCUT2D eigenvalue weighted by Crippen LogP contribution is -2.37. The number of rotatable bonds is 6. The number of thiocarbonyl (C=S) groups is 1. The van der Waals surface area contributed by atoms with Gasteiger partial charge in [0.1, 0.15) is 0 Å². The second-order valence-electron chi connectivity index (χ2n) is 5.36. The third-order valence-electron chi connectivity index (χ3n) is 3.80. The molecule has 0 spiro atoms. The van der Waals surface area contributed by atoms with Gasteiger partial charge in [-0.3, -0.25) is 4.68 Å². The molecular weight excluding hydrogens is 292 g/mol. The highest BCUT2D eigenvalue weighted by Crippen LogP contribution is 2.16. The molecule has 0 aliphatic carbocycles. The summed E-state index contributed by atoms with van der Waals surface area (Å²) in [6.45, 7) is 8.01. The van der Waals surface area contributed by atoms with Crippen LogP contribution in [0.25, 0.3) is 0 Å². The van der Waals surface area contributed by atoms with E-state index in [-0.39, 0.29) is 6.04 Å². The zero-order valence-corrected chi connectivity index (χ0v) is 14.3. The Balaban J connectivity index is 1.80. The zero-order chi connectivity index (χ0) is 15.9. The molecule has 0 aliphatic rings. The van der Waals surface area contributed by atoms with Gasteiger partial charge in [-0.25, -0.2) is 0 Å². The number of aryl methyl sites for hydroxylation is 1. The number of aromatic nitrogens is 2. The van der Waals surface area contributed by atoms with Crippen molar-refractivity contribution in [3.63, 3.8) is 0 Å². The second-order valence-corrected chi connectivity index (χ2v) is 5.77. The second kappa shape index (κ2) is 7.94. The van der Waals surface area contributed by atoms with Crippen molar-refractivity contribution in [1.82, 2.24) is 20.4 Å². The van der Waals surface area contributed by atoms with Crippen LogP contribution in [-0.2, 0) is 13.0 Å². The van der Waals surface area contributed by atoms with Crippen molar-refractivity contribution in [2.45, 2.75) is 39.8 Å². The minimum atomic E-state index is 0.150. The highest BCUT2D eigenvalue weighted by atomic mass is 32.1. The summed E-state index contributed by atoms with van der Waals surface area (Å²) in [6.07, 6.45) is 2.88. The first kappa shape index (κ1) is 16.5. The minimum Gasteiger partial charge on any atom is -0.362 e. The van der Waals surface area contributed by atoms with Crippen LogP contribution < -0.4 is 10.6 Å². The third kappa shape index (κ3) is 4.31. The topological polar surface area (TPSA) is 41.9 Å². The molecule has 0 fully saturated rings. The van der Waals surface area contributed by atoms with E-state index in [9.17, 15) is 0 Å². The van der Waals surface area contributed by atoms with E-state index in [2.05, 4.69) is 60.8 Å². The predicted molar refractivity (Wildman–Crippen MR) is 94.9 cm³/mol. The molecule has 0 saturated heterocycles. The first-order valence-corrected chi connectivity index (χ1v) is 8.13. The van der Waals surface area contributed by atoms with E-state index in [0.29, 0.717) is 5.11 Å². The molecular formula is C17H24N4S. The van der Waals surface area contributed by atoms with E-state index in [1.165, 1.54) is 16.8 Å². The van der Waals surface area contributed by atoms with Gasteiger partial charge in [0, 0.05) is 24.3 Å². The van der Waals surface area contributed by atoms with Crippen molar-refractivity contribution < 1.29 is 0 Å². The lowest BCUT2D eigenvalue weighted by Gasteiger charge is -2.17. The Morgan fingerprint density at radius 3 is 2.68 bits per heavy atom. The highest BCUT2D eigenvalue weighted by molar-refractivity contribution is 7.80. The summed E-state index contributed by atoms with van der Waals surface area (Å²) >= 11 is 5.37. The largest absolute Gasteiger partial charge is 0.362 e. The van der Waals surface area contributed by atoms with E-state index >= 15 is 0 Å². The lowest BCUT2D eigenvalue weighted by atomic mass is 10.1. The molecule has 1 aromatic carbocycles. The van der Waals surface area contributed by atoms with Crippen molar-refractivity contribution in [2.24, 2.45) is 0 Å². The van der Waals surface area contributed by atoms with Crippen molar-refractivity contribution in [3.05, 3.63) is 53.3 Å². The molecule has 0 aliphatic heterocycles. The monoisotopic (exact) mass is 316 g/mol. The van der Waals surface area contributed by atoms with Crippen LogP contribution in [0.1, 0.15) is 36.7 Å². The zero-order valence-electron chi connectivity index (χ0n) is 13.5. The fourth-order valence-electron chi connectivity index (χ4n) is 2.50. The van der Waals surface area contributed by atoms with E-state index < -0.39 is 0 Å². The van der Waals surface area contributed by atoms with Crippen LogP contribution >= 0.6 is 12.2 Å². The average molecular weight is 316 g/mol. The number of hydrogen-bond donors (Lipinski definition) is 2. The van der Waals surface area contributed by atoms with Crippen LogP contribution in [0.2, 0.25) is 0 Å². The number of nitrogens with zero attached hydrogens (tertiary/aromatic N) is 2. The molecule has 22 heavy (non-hydrogen) atoms. The van der Waals surface area contributed by atoms with Gasteiger partial charge < -0.3 is 10.6 Å². The molecule has 2 N–H and O–H groups in total. The van der Waals surface area contributed by atoms with Crippen LogP contribution in [0.5, 0.6) is 0 Å². The molecule has 1 heterocycles. The standard InChI is InChI=1S/C17H24N4S/c1-4-21-14(3)16(12-19-21)13(2)20-17(22)18-11-10-15-8-6-5-7-9-15/h5-9,12-13H,4,10-11H2,1-3H3,(H2,18,20,22). The van der Waals surface area contributed by atoms with Gasteiger partial charge in [-0.15, -0.1) is 0 Å². The fraction of sp³-hybridized carbons (Fsp3) is 0.412. The molecule has 2 rings (SSSR count). The molecule has 1 aromatic heterocycles. The first-order valence-electron chi connectivity index (χ1n) is 7.72. The van der Waals surface area contributed by atoms with E-state index in [1.807, 2.05) is 16.9 Å². The average Bonchev–Trinajstić information content (AvgIpc) is 2.89. The summed E-state index contributed by atoms with van der Waals surface area (Å²) in [7, 11) is 0. The molecule has 118 valence electrons. The normalized spacial score (nSPS) is 12.0. The Morgan fingerprint density at radius 2 is 2.05 bits per heavy atom. The van der Waals surface area contributed by atoms with Crippen LogP contribution in [-0.4, -0.2) is 21.4 Å². The SMILES string of the molecule is CCn1ncc(C(C)NC(=S)NCCc2ccccc2)c1C. The van der Waals surface area contributed by atoms with Crippen LogP contribution in [0.4, 0.5) is 0 Å². The third-order valence-corrected chi connectivity index (χ3v) is 4.06. The number of nitrogens with one attached hydrogen (secondary N) is 2. The molecule has 0 bridgehead atoms. The Labute approximate surface area is 137 Å². The Bertz CT molecular complexity index is 606. The first-order chi connectivity index (χ1) is 10.6. The molecule has 5 heteroatoms. The molecule has 4 nitrogen and oxygen atoms in total. The van der Waals surface area contributed by atoms with E-state index in [4.69, 9.17) is 12.2 Å². The smallest absolute Gasteiger partial charge is 0.166 e. The number of benzene rings is 1. The van der Waals surface area contributed by atoms with E-state index in [0.717, 1.165) is 19.5 Å². The molecule has 0 saturated carbocycles. The molecule has 0 amide bonds. The maximum Gasteiger partial charge on any atom is 0.166 e. The number of hydrogen-bond acceptors (Lipinski definition) is 2. The van der Waals surface area contributed by atoms with Gasteiger partial charge in [0.05, 0.1) is 12.2 Å². The maximum absolute atomic E-state index is 5.37. The van der Waals surface area contributed by atoms with Gasteiger partial charge in [-0.1, -0.05) is 30.3 Å². The van der Waals surface area contributed by atoms with E-state index in [1.54, 1.807) is 0 Å². The molecule has 0 radical (unpaired) electrons. The van der Waals surface area contributed by atoms with Crippen molar-refractivity contribution in [1.29, 1.82) is 0 Å². The summed E-state index contributed by atoms with van der Waals surface area (Å²) in [4.78, 5) is 0. The van der Waals surface area contributed by atoms with Crippen LogP contribution in [0, 0.1) is 6.92 Å². The van der Waals surface area contributed by atoms with Crippen molar-refractivity contribution in [2.75, 3.05) is 6.54 Å². The van der Waals surface area contributed by atoms with Crippen molar-refractivity contribution in [3.8, 4) is 0 Å². The van der Waals surface area contributed by atoms with Gasteiger partial charge in [0.25, 0.3) is 0 Å². The minimum absolute atomic E-state index is 0.150. The van der Waals surface area contributed by atoms with Crippen LogP contribution in [0.3, 0.4) is 0 Å². The van der Waals surface area contributed by atoms with Crippen molar-refractivity contribution >= 4 is 17.3 Å². The summed E-state index contributed by atoms with van der Waals surface area (Å²) in [5.41, 5.74) is 3.69. The van der Waals surface area contributed by atoms with Gasteiger partial charge in [-0.2, -0.15) is 5.10 Å². The highest BCUT2D eigenvalue weighted by Gasteiger charge is 2.13. The molecule has 2 aromatic rings. The molecule has 1 atom stereocenters. The molecule has 1 unspecified atom stereocenters. The van der Waals surface area contributed by atoms with Gasteiger partial charge in [-0.05, 0) is 45.0 Å². The van der Waals surface area contributed by atoms with Gasteiger partial charge in [0.15, 0.2) is 5.11 Å². The predicted octanol–water partition coefficient (Wildman–Crippen LogP) is 2.98. The van der Waals surface area contributed by atoms with Gasteiger partial charge in [0.2, 0.25) is 0 Å². The summed E-state index contributed by atoms with van der Waals surface area (Å²) in [6, 6.07) is 10.6. The Hall–Kier alpha value is -1.88. The summed E-state index contributed by atoms with van der Waals surface area (Å²) in [5.74, 6) is 0. The fourth-order valence-corrected chi connectivity index (χ4v) is 2.77. The van der Waals surface area contributed by atoms with Crippen LogP contribution in [0.15, 0.2) is 36.5 Å². The van der Waals surface area contributed by atoms with Gasteiger partial charge >= 0.3 is 0 Å². The quantitative estimate of drug-likeness (QED) is 0.804. The Morgan fingerprint density at radius 1 is 1.32 bits per heavy atom. The maximum atomic E-state index is 5.37. The lowest BCUT2D eigenvalue weighted by molar-refractivity contribution is 0.631. The Kier molecular flexibility index (Phi) is 5.95. The summed E-state index contributed by atoms with van der Waals surface area (Å²) in [5, 5.41) is 11.7.